The number of aromatic nitrogens is 2. The summed E-state index contributed by atoms with van der Waals surface area (Å²) >= 11 is 0. The fraction of sp³-hybridized carbons (Fsp3) is 0.412. The molecular formula is C17H24N4O4S. The van der Waals surface area contributed by atoms with Gasteiger partial charge in [-0.15, -0.1) is 0 Å². The van der Waals surface area contributed by atoms with E-state index in [0.717, 1.165) is 13.0 Å². The summed E-state index contributed by atoms with van der Waals surface area (Å²) in [5.74, 6) is 0.222. The van der Waals surface area contributed by atoms with Crippen molar-refractivity contribution in [3.05, 3.63) is 43.0 Å². The van der Waals surface area contributed by atoms with Crippen LogP contribution in [0.2, 0.25) is 0 Å². The molecule has 0 radical (unpaired) electrons. The number of hydrogen-bond acceptors (Lipinski definition) is 5. The SMILES string of the molecule is CCOc1ccc(S(=O)(=O)N[C@@H](C)C(=O)NCCCn2ccnc2)cc1. The number of aryl methyl sites for hydroxylation is 1. The third-order valence-corrected chi connectivity index (χ3v) is 5.18. The lowest BCUT2D eigenvalue weighted by Crippen LogP contribution is -2.45. The van der Waals surface area contributed by atoms with Crippen LogP contribution in [0, 0.1) is 0 Å². The van der Waals surface area contributed by atoms with E-state index in [1.165, 1.54) is 19.1 Å². The Hall–Kier alpha value is -2.39. The summed E-state index contributed by atoms with van der Waals surface area (Å²) in [6, 6.07) is 5.18. The molecule has 1 heterocycles. The van der Waals surface area contributed by atoms with Crippen molar-refractivity contribution in [2.45, 2.75) is 37.8 Å². The van der Waals surface area contributed by atoms with Crippen LogP contribution in [0.3, 0.4) is 0 Å². The zero-order valence-electron chi connectivity index (χ0n) is 14.9. The Morgan fingerprint density at radius 3 is 2.65 bits per heavy atom. The zero-order valence-corrected chi connectivity index (χ0v) is 15.7. The van der Waals surface area contributed by atoms with Gasteiger partial charge in [0.15, 0.2) is 0 Å². The maximum atomic E-state index is 12.4. The highest BCUT2D eigenvalue weighted by Crippen LogP contribution is 2.16. The van der Waals surface area contributed by atoms with Crippen LogP contribution in [-0.2, 0) is 21.4 Å². The number of nitrogens with zero attached hydrogens (tertiary/aromatic N) is 2. The normalized spacial score (nSPS) is 12.5. The number of ether oxygens (including phenoxy) is 1. The lowest BCUT2D eigenvalue weighted by Gasteiger charge is -2.15. The highest BCUT2D eigenvalue weighted by Gasteiger charge is 2.21. The van der Waals surface area contributed by atoms with E-state index >= 15 is 0 Å². The summed E-state index contributed by atoms with van der Waals surface area (Å²) in [5.41, 5.74) is 0. The third-order valence-electron chi connectivity index (χ3n) is 3.62. The van der Waals surface area contributed by atoms with Crippen molar-refractivity contribution in [2.24, 2.45) is 0 Å². The van der Waals surface area contributed by atoms with E-state index in [-0.39, 0.29) is 10.8 Å². The van der Waals surface area contributed by atoms with E-state index in [2.05, 4.69) is 15.0 Å². The second kappa shape index (κ2) is 9.35. The molecule has 0 aliphatic carbocycles. The van der Waals surface area contributed by atoms with Gasteiger partial charge in [0.05, 0.1) is 23.9 Å². The maximum absolute atomic E-state index is 12.4. The molecule has 1 aromatic heterocycles. The van der Waals surface area contributed by atoms with Gasteiger partial charge >= 0.3 is 0 Å². The van der Waals surface area contributed by atoms with Crippen LogP contribution >= 0.6 is 0 Å². The molecule has 1 amide bonds. The highest BCUT2D eigenvalue weighted by atomic mass is 32.2. The number of amides is 1. The van der Waals surface area contributed by atoms with Gasteiger partial charge in [0.1, 0.15) is 5.75 Å². The van der Waals surface area contributed by atoms with Crippen molar-refractivity contribution in [3.8, 4) is 5.75 Å². The Morgan fingerprint density at radius 2 is 2.04 bits per heavy atom. The molecule has 0 aliphatic heterocycles. The summed E-state index contributed by atoms with van der Waals surface area (Å²) in [7, 11) is -3.78. The van der Waals surface area contributed by atoms with Crippen LogP contribution in [0.1, 0.15) is 20.3 Å². The van der Waals surface area contributed by atoms with Gasteiger partial charge in [-0.1, -0.05) is 0 Å². The number of carbonyl (C=O) groups is 1. The van der Waals surface area contributed by atoms with E-state index in [9.17, 15) is 13.2 Å². The van der Waals surface area contributed by atoms with E-state index in [4.69, 9.17) is 4.74 Å². The molecule has 0 fully saturated rings. The van der Waals surface area contributed by atoms with Gasteiger partial charge in [0.25, 0.3) is 0 Å². The van der Waals surface area contributed by atoms with E-state index in [1.54, 1.807) is 24.7 Å². The van der Waals surface area contributed by atoms with Crippen LogP contribution in [0.4, 0.5) is 0 Å². The lowest BCUT2D eigenvalue weighted by atomic mass is 10.3. The molecule has 0 unspecified atom stereocenters. The highest BCUT2D eigenvalue weighted by molar-refractivity contribution is 7.89. The van der Waals surface area contributed by atoms with Gasteiger partial charge in [-0.25, -0.2) is 13.4 Å². The Bertz CT molecular complexity index is 789. The lowest BCUT2D eigenvalue weighted by molar-refractivity contribution is -0.122. The molecule has 2 rings (SSSR count). The van der Waals surface area contributed by atoms with E-state index in [0.29, 0.717) is 18.9 Å². The third kappa shape index (κ3) is 5.85. The van der Waals surface area contributed by atoms with E-state index < -0.39 is 16.1 Å². The van der Waals surface area contributed by atoms with Crippen molar-refractivity contribution in [1.82, 2.24) is 19.6 Å². The van der Waals surface area contributed by atoms with Crippen LogP contribution in [-0.4, -0.2) is 43.1 Å². The molecule has 0 saturated heterocycles. The first-order valence-electron chi connectivity index (χ1n) is 8.41. The van der Waals surface area contributed by atoms with Crippen molar-refractivity contribution < 1.29 is 17.9 Å². The number of imidazole rings is 1. The molecular weight excluding hydrogens is 356 g/mol. The monoisotopic (exact) mass is 380 g/mol. The summed E-state index contributed by atoms with van der Waals surface area (Å²) in [4.78, 5) is 16.1. The minimum absolute atomic E-state index is 0.0840. The molecule has 1 aromatic carbocycles. The molecule has 0 bridgehead atoms. The molecule has 142 valence electrons. The van der Waals surface area contributed by atoms with Crippen molar-refractivity contribution in [2.75, 3.05) is 13.2 Å². The maximum Gasteiger partial charge on any atom is 0.241 e. The number of benzene rings is 1. The Balaban J connectivity index is 1.82. The average Bonchev–Trinajstić information content (AvgIpc) is 3.12. The second-order valence-corrected chi connectivity index (χ2v) is 7.41. The first-order valence-corrected chi connectivity index (χ1v) is 9.89. The summed E-state index contributed by atoms with van der Waals surface area (Å²) < 4.78 is 34.3. The Morgan fingerprint density at radius 1 is 1.31 bits per heavy atom. The smallest absolute Gasteiger partial charge is 0.241 e. The number of sulfonamides is 1. The molecule has 26 heavy (non-hydrogen) atoms. The van der Waals surface area contributed by atoms with Gasteiger partial charge in [-0.05, 0) is 44.5 Å². The van der Waals surface area contributed by atoms with Gasteiger partial charge in [-0.3, -0.25) is 4.79 Å². The molecule has 9 heteroatoms. The van der Waals surface area contributed by atoms with Gasteiger partial charge in [-0.2, -0.15) is 4.72 Å². The summed E-state index contributed by atoms with van der Waals surface area (Å²) in [6.45, 7) is 5.04. The molecule has 2 N–H and O–H groups in total. The van der Waals surface area contributed by atoms with Crippen LogP contribution in [0.25, 0.3) is 0 Å². The second-order valence-electron chi connectivity index (χ2n) is 5.69. The van der Waals surface area contributed by atoms with Crippen molar-refractivity contribution >= 4 is 15.9 Å². The van der Waals surface area contributed by atoms with Gasteiger partial charge < -0.3 is 14.6 Å². The molecule has 0 saturated carbocycles. The largest absolute Gasteiger partial charge is 0.494 e. The number of carbonyl (C=O) groups excluding carboxylic acids is 1. The molecule has 8 nitrogen and oxygen atoms in total. The summed E-state index contributed by atoms with van der Waals surface area (Å²) in [6.07, 6.45) is 5.96. The first-order chi connectivity index (χ1) is 12.4. The standard InChI is InChI=1S/C17H24N4O4S/c1-3-25-15-5-7-16(8-6-15)26(23,24)20-14(2)17(22)19-9-4-11-21-12-10-18-13-21/h5-8,10,12-14,20H,3-4,9,11H2,1-2H3,(H,19,22)/t14-/m0/s1. The molecule has 0 aliphatic rings. The van der Waals surface area contributed by atoms with Gasteiger partial charge in [0, 0.05) is 25.5 Å². The average molecular weight is 380 g/mol. The fourth-order valence-corrected chi connectivity index (χ4v) is 3.48. The number of nitrogens with one attached hydrogen (secondary N) is 2. The van der Waals surface area contributed by atoms with Crippen molar-refractivity contribution in [1.29, 1.82) is 0 Å². The minimum atomic E-state index is -3.78. The molecule has 0 spiro atoms. The Labute approximate surface area is 153 Å². The number of hydrogen-bond donors (Lipinski definition) is 2. The molecule has 2 aromatic rings. The Kier molecular flexibility index (Phi) is 7.16. The predicted octanol–water partition coefficient (Wildman–Crippen LogP) is 1.16. The van der Waals surface area contributed by atoms with E-state index in [1.807, 2.05) is 17.7 Å². The quantitative estimate of drug-likeness (QED) is 0.602. The van der Waals surface area contributed by atoms with Crippen molar-refractivity contribution in [3.63, 3.8) is 0 Å². The fourth-order valence-electron chi connectivity index (χ4n) is 2.28. The predicted molar refractivity (Wildman–Crippen MR) is 97.2 cm³/mol. The van der Waals surface area contributed by atoms with Crippen LogP contribution < -0.4 is 14.8 Å². The zero-order chi connectivity index (χ0) is 19.0. The summed E-state index contributed by atoms with van der Waals surface area (Å²) in [5, 5.41) is 2.73. The minimum Gasteiger partial charge on any atom is -0.494 e. The van der Waals surface area contributed by atoms with Crippen LogP contribution in [0.5, 0.6) is 5.75 Å². The first kappa shape index (κ1) is 19.9. The van der Waals surface area contributed by atoms with Crippen LogP contribution in [0.15, 0.2) is 47.9 Å². The van der Waals surface area contributed by atoms with Gasteiger partial charge in [0.2, 0.25) is 15.9 Å². The molecule has 1 atom stereocenters. The topological polar surface area (TPSA) is 102 Å². The number of rotatable bonds is 10.